The number of guanidine groups is 1. The van der Waals surface area contributed by atoms with Crippen LogP contribution in [-0.2, 0) is 0 Å². The van der Waals surface area contributed by atoms with Crippen molar-refractivity contribution in [2.24, 2.45) is 0 Å². The van der Waals surface area contributed by atoms with Crippen LogP contribution in [0, 0.1) is 5.41 Å². The van der Waals surface area contributed by atoms with Crippen LogP contribution in [0.25, 0.3) is 0 Å². The fraction of sp³-hybridized carbons (Fsp3) is 0.471. The van der Waals surface area contributed by atoms with E-state index in [4.69, 9.17) is 17.0 Å². The van der Waals surface area contributed by atoms with Gasteiger partial charge in [0.15, 0.2) is 5.96 Å². The zero-order valence-corrected chi connectivity index (χ0v) is 13.0. The molecule has 112 valence electrons. The maximum atomic E-state index is 8.37. The topological polar surface area (TPSA) is 39.1 Å². The molecule has 1 aromatic carbocycles. The van der Waals surface area contributed by atoms with Crippen molar-refractivity contribution in [2.45, 2.75) is 50.6 Å². The fourth-order valence-corrected chi connectivity index (χ4v) is 3.77. The van der Waals surface area contributed by atoms with E-state index in [0.717, 1.165) is 22.7 Å². The van der Waals surface area contributed by atoms with Crippen LogP contribution in [0.4, 0.5) is 0 Å². The first-order valence-corrected chi connectivity index (χ1v) is 8.11. The molecule has 1 heterocycles. The van der Waals surface area contributed by atoms with Crippen LogP contribution in [0.15, 0.2) is 36.5 Å². The third-order valence-electron chi connectivity index (χ3n) is 4.55. The molecule has 1 saturated heterocycles. The minimum atomic E-state index is 0.0542. The Hall–Kier alpha value is -1.48. The van der Waals surface area contributed by atoms with E-state index >= 15 is 0 Å². The first kappa shape index (κ1) is 14.5. The molecule has 1 atom stereocenters. The van der Waals surface area contributed by atoms with Crippen LogP contribution in [0.5, 0.6) is 0 Å². The van der Waals surface area contributed by atoms with Crippen molar-refractivity contribution in [3.8, 4) is 0 Å². The number of rotatable bonds is 2. The Morgan fingerprint density at radius 1 is 1.19 bits per heavy atom. The molecule has 2 N–H and O–H groups in total. The van der Waals surface area contributed by atoms with Gasteiger partial charge in [-0.25, -0.2) is 0 Å². The van der Waals surface area contributed by atoms with Gasteiger partial charge in [-0.05, 0) is 24.5 Å². The summed E-state index contributed by atoms with van der Waals surface area (Å²) in [5.74, 6) is 0.475. The van der Waals surface area contributed by atoms with Crippen LogP contribution >= 0.6 is 11.6 Å². The lowest BCUT2D eigenvalue weighted by Crippen LogP contribution is -2.51. The Bertz CT molecular complexity index is 531. The third-order valence-corrected chi connectivity index (χ3v) is 4.90. The van der Waals surface area contributed by atoms with Gasteiger partial charge in [0.05, 0.1) is 6.04 Å². The molecule has 3 nitrogen and oxygen atoms in total. The molecule has 4 heteroatoms. The zero-order valence-electron chi connectivity index (χ0n) is 12.2. The van der Waals surface area contributed by atoms with Gasteiger partial charge in [-0.1, -0.05) is 55.6 Å². The van der Waals surface area contributed by atoms with Gasteiger partial charge in [0, 0.05) is 23.2 Å². The average molecular weight is 304 g/mol. The van der Waals surface area contributed by atoms with Gasteiger partial charge in [-0.15, -0.1) is 0 Å². The van der Waals surface area contributed by atoms with Gasteiger partial charge in [0.25, 0.3) is 0 Å². The van der Waals surface area contributed by atoms with E-state index in [1.807, 2.05) is 24.3 Å². The Kier molecular flexibility index (Phi) is 4.20. The van der Waals surface area contributed by atoms with Crippen molar-refractivity contribution in [3.05, 3.63) is 47.1 Å². The Labute approximate surface area is 131 Å². The summed E-state index contributed by atoms with van der Waals surface area (Å²) >= 11 is 6.28. The molecule has 0 radical (unpaired) electrons. The van der Waals surface area contributed by atoms with Crippen LogP contribution in [0.1, 0.15) is 50.1 Å². The predicted octanol–water partition coefficient (Wildman–Crippen LogP) is 4.46. The van der Waals surface area contributed by atoms with Gasteiger partial charge in [-0.3, -0.25) is 5.41 Å². The molecule has 2 aliphatic rings. The summed E-state index contributed by atoms with van der Waals surface area (Å²) in [6, 6.07) is 8.35. The summed E-state index contributed by atoms with van der Waals surface area (Å²) in [6.45, 7) is 4.23. The molecule has 1 aliphatic heterocycles. The van der Waals surface area contributed by atoms with Crippen LogP contribution in [-0.4, -0.2) is 16.9 Å². The average Bonchev–Trinajstić information content (AvgIpc) is 2.48. The van der Waals surface area contributed by atoms with Crippen molar-refractivity contribution in [1.29, 1.82) is 5.41 Å². The van der Waals surface area contributed by atoms with Gasteiger partial charge >= 0.3 is 0 Å². The van der Waals surface area contributed by atoms with Gasteiger partial charge in [-0.2, -0.15) is 0 Å². The van der Waals surface area contributed by atoms with E-state index in [0.29, 0.717) is 12.0 Å². The summed E-state index contributed by atoms with van der Waals surface area (Å²) in [4.78, 5) is 2.10. The molecule has 0 spiro atoms. The van der Waals surface area contributed by atoms with Gasteiger partial charge < -0.3 is 10.2 Å². The van der Waals surface area contributed by atoms with Crippen molar-refractivity contribution < 1.29 is 0 Å². The fourth-order valence-electron chi connectivity index (χ4n) is 3.50. The highest BCUT2D eigenvalue weighted by Gasteiger charge is 2.32. The largest absolute Gasteiger partial charge is 0.349 e. The summed E-state index contributed by atoms with van der Waals surface area (Å²) in [5.41, 5.74) is 2.09. The Balaban J connectivity index is 1.76. The molecule has 1 saturated carbocycles. The minimum Gasteiger partial charge on any atom is -0.349 e. The molecular weight excluding hydrogens is 282 g/mol. The third kappa shape index (κ3) is 2.93. The van der Waals surface area contributed by atoms with E-state index in [1.165, 1.54) is 32.1 Å². The SMILES string of the molecule is C=C1CC(c2ccccc2Cl)NC(=N)N1C1CCCCC1. The summed E-state index contributed by atoms with van der Waals surface area (Å²) in [5, 5.41) is 12.4. The van der Waals surface area contributed by atoms with E-state index < -0.39 is 0 Å². The Morgan fingerprint density at radius 3 is 2.57 bits per heavy atom. The second-order valence-corrected chi connectivity index (χ2v) is 6.41. The van der Waals surface area contributed by atoms with Crippen molar-refractivity contribution >= 4 is 17.6 Å². The zero-order chi connectivity index (χ0) is 14.8. The lowest BCUT2D eigenvalue weighted by atomic mass is 9.92. The van der Waals surface area contributed by atoms with E-state index in [2.05, 4.69) is 16.8 Å². The molecule has 1 unspecified atom stereocenters. The molecule has 3 rings (SSSR count). The molecule has 2 fully saturated rings. The molecule has 1 aromatic rings. The number of hydrogen-bond acceptors (Lipinski definition) is 1. The highest BCUT2D eigenvalue weighted by Crippen LogP contribution is 2.34. The standard InChI is InChI=1S/C17H22ClN3/c1-12-11-16(14-9-5-6-10-15(14)18)20-17(19)21(12)13-7-3-2-4-8-13/h5-6,9-10,13,16H,1-4,7-8,11H2,(H2,19,20). The van der Waals surface area contributed by atoms with Crippen molar-refractivity contribution in [2.75, 3.05) is 0 Å². The van der Waals surface area contributed by atoms with Crippen molar-refractivity contribution in [3.63, 3.8) is 0 Å². The summed E-state index contributed by atoms with van der Waals surface area (Å²) in [6.07, 6.45) is 6.98. The van der Waals surface area contributed by atoms with Crippen LogP contribution < -0.4 is 5.32 Å². The first-order chi connectivity index (χ1) is 10.2. The number of hydrogen-bond donors (Lipinski definition) is 2. The number of halogens is 1. The number of nitrogens with zero attached hydrogens (tertiary/aromatic N) is 1. The minimum absolute atomic E-state index is 0.0542. The number of nitrogens with one attached hydrogen (secondary N) is 2. The van der Waals surface area contributed by atoms with E-state index in [1.54, 1.807) is 0 Å². The molecule has 1 aliphatic carbocycles. The van der Waals surface area contributed by atoms with Crippen molar-refractivity contribution in [1.82, 2.24) is 10.2 Å². The van der Waals surface area contributed by atoms with E-state index in [-0.39, 0.29) is 6.04 Å². The van der Waals surface area contributed by atoms with Gasteiger partial charge in [0.2, 0.25) is 0 Å². The number of benzene rings is 1. The first-order valence-electron chi connectivity index (χ1n) is 7.73. The highest BCUT2D eigenvalue weighted by molar-refractivity contribution is 6.31. The molecule has 0 amide bonds. The van der Waals surface area contributed by atoms with Gasteiger partial charge in [0.1, 0.15) is 0 Å². The predicted molar refractivity (Wildman–Crippen MR) is 87.5 cm³/mol. The molecule has 21 heavy (non-hydrogen) atoms. The lowest BCUT2D eigenvalue weighted by molar-refractivity contribution is 0.250. The monoisotopic (exact) mass is 303 g/mol. The molecule has 0 bridgehead atoms. The van der Waals surface area contributed by atoms with Crippen LogP contribution in [0.3, 0.4) is 0 Å². The maximum Gasteiger partial charge on any atom is 0.196 e. The second kappa shape index (κ2) is 6.10. The quantitative estimate of drug-likeness (QED) is 0.847. The molecule has 0 aromatic heterocycles. The smallest absolute Gasteiger partial charge is 0.196 e. The summed E-state index contributed by atoms with van der Waals surface area (Å²) < 4.78 is 0. The maximum absolute atomic E-state index is 8.37. The lowest BCUT2D eigenvalue weighted by Gasteiger charge is -2.43. The second-order valence-electron chi connectivity index (χ2n) is 6.00. The highest BCUT2D eigenvalue weighted by atomic mass is 35.5. The normalized spacial score (nSPS) is 24.0. The molecular formula is C17H22ClN3. The summed E-state index contributed by atoms with van der Waals surface area (Å²) in [7, 11) is 0. The van der Waals surface area contributed by atoms with E-state index in [9.17, 15) is 0 Å². The van der Waals surface area contributed by atoms with Crippen LogP contribution in [0.2, 0.25) is 5.02 Å². The Morgan fingerprint density at radius 2 is 1.90 bits per heavy atom.